The van der Waals surface area contributed by atoms with Gasteiger partial charge in [-0.1, -0.05) is 5.16 Å². The molecule has 0 aliphatic heterocycles. The van der Waals surface area contributed by atoms with Gasteiger partial charge < -0.3 is 15.3 Å². The first-order chi connectivity index (χ1) is 10.1. The number of alkyl halides is 1. The summed E-state index contributed by atoms with van der Waals surface area (Å²) in [5.41, 5.74) is 6.02. The van der Waals surface area contributed by atoms with Crippen LogP contribution in [0.3, 0.4) is 0 Å². The number of nitrogen functional groups attached to an aromatic ring is 1. The Morgan fingerprint density at radius 3 is 2.81 bits per heavy atom. The van der Waals surface area contributed by atoms with E-state index in [-0.39, 0.29) is 23.8 Å². The molecule has 1 saturated carbocycles. The number of halogens is 1. The van der Waals surface area contributed by atoms with E-state index >= 15 is 0 Å². The molecule has 1 aromatic rings. The summed E-state index contributed by atoms with van der Waals surface area (Å²) in [5.74, 6) is -0.561. The van der Waals surface area contributed by atoms with Crippen LogP contribution in [-0.4, -0.2) is 34.8 Å². The zero-order chi connectivity index (χ0) is 15.2. The monoisotopic (exact) mass is 331 g/mol. The molecule has 2 rings (SSSR count). The predicted molar refractivity (Wildman–Crippen MR) is 82.7 cm³/mol. The van der Waals surface area contributed by atoms with Crippen molar-refractivity contribution in [2.45, 2.75) is 44.1 Å². The van der Waals surface area contributed by atoms with E-state index in [1.165, 1.54) is 11.3 Å². The number of carbonyl (C=O) groups excluding carboxylic acids is 1. The van der Waals surface area contributed by atoms with E-state index < -0.39 is 5.97 Å². The van der Waals surface area contributed by atoms with Crippen molar-refractivity contribution in [3.8, 4) is 0 Å². The van der Waals surface area contributed by atoms with E-state index in [2.05, 4.69) is 10.1 Å². The molecule has 8 heteroatoms. The third kappa shape index (κ3) is 4.57. The van der Waals surface area contributed by atoms with Gasteiger partial charge in [0.25, 0.3) is 0 Å². The number of rotatable bonds is 5. The van der Waals surface area contributed by atoms with Gasteiger partial charge in [0, 0.05) is 10.8 Å². The minimum atomic E-state index is -0.561. The topological polar surface area (TPSA) is 86.8 Å². The van der Waals surface area contributed by atoms with Crippen molar-refractivity contribution in [3.05, 3.63) is 11.1 Å². The molecule has 1 aromatic heterocycles. The van der Waals surface area contributed by atoms with Gasteiger partial charge in [0.2, 0.25) is 5.71 Å². The normalized spacial score (nSPS) is 22.9. The summed E-state index contributed by atoms with van der Waals surface area (Å²) < 4.78 is 4.98. The molecule has 0 bridgehead atoms. The van der Waals surface area contributed by atoms with Crippen LogP contribution in [0.15, 0.2) is 10.5 Å². The molecule has 0 spiro atoms. The Labute approximate surface area is 132 Å². The van der Waals surface area contributed by atoms with Gasteiger partial charge in [-0.2, -0.15) is 0 Å². The fourth-order valence-corrected chi connectivity index (χ4v) is 2.84. The highest BCUT2D eigenvalue weighted by Gasteiger charge is 2.23. The maximum Gasteiger partial charge on any atom is 0.362 e. The molecule has 116 valence electrons. The molecule has 1 aliphatic rings. The SMILES string of the molecule is CCOC(=O)/C(=N\OC1CCC(Cl)CC1)c1csc(N)n1. The van der Waals surface area contributed by atoms with Gasteiger partial charge in [0.05, 0.1) is 6.61 Å². The summed E-state index contributed by atoms with van der Waals surface area (Å²) in [6, 6.07) is 0. The molecule has 0 radical (unpaired) electrons. The summed E-state index contributed by atoms with van der Waals surface area (Å²) >= 11 is 7.28. The Morgan fingerprint density at radius 2 is 2.24 bits per heavy atom. The zero-order valence-electron chi connectivity index (χ0n) is 11.8. The Hall–Kier alpha value is -1.34. The van der Waals surface area contributed by atoms with Gasteiger partial charge in [-0.3, -0.25) is 0 Å². The molecule has 6 nitrogen and oxygen atoms in total. The number of thiazole rings is 1. The number of nitrogens with zero attached hydrogens (tertiary/aromatic N) is 2. The number of hydrogen-bond donors (Lipinski definition) is 1. The van der Waals surface area contributed by atoms with Gasteiger partial charge in [0.1, 0.15) is 11.8 Å². The fraction of sp³-hybridized carbons (Fsp3) is 0.615. The Kier molecular flexibility index (Phi) is 5.81. The van der Waals surface area contributed by atoms with Crippen LogP contribution in [0.4, 0.5) is 5.13 Å². The number of aromatic nitrogens is 1. The molecule has 1 heterocycles. The van der Waals surface area contributed by atoms with Gasteiger partial charge in [-0.15, -0.1) is 22.9 Å². The number of esters is 1. The summed E-state index contributed by atoms with van der Waals surface area (Å²) in [6.45, 7) is 1.99. The molecule has 2 N–H and O–H groups in total. The van der Waals surface area contributed by atoms with E-state index in [1.54, 1.807) is 12.3 Å². The minimum absolute atomic E-state index is 0.0274. The quantitative estimate of drug-likeness (QED) is 0.388. The van der Waals surface area contributed by atoms with Crippen LogP contribution in [-0.2, 0) is 14.4 Å². The van der Waals surface area contributed by atoms with Gasteiger partial charge >= 0.3 is 5.97 Å². The first-order valence-corrected chi connectivity index (χ1v) is 8.18. The summed E-state index contributed by atoms with van der Waals surface area (Å²) in [6.07, 6.45) is 3.40. The lowest BCUT2D eigenvalue weighted by Gasteiger charge is -2.23. The van der Waals surface area contributed by atoms with Crippen LogP contribution in [0.25, 0.3) is 0 Å². The number of nitrogens with two attached hydrogens (primary N) is 1. The van der Waals surface area contributed by atoms with E-state index in [1.807, 2.05) is 0 Å². The second-order valence-electron chi connectivity index (χ2n) is 4.71. The molecule has 0 aromatic carbocycles. The third-order valence-corrected chi connectivity index (χ3v) is 4.24. The number of ether oxygens (including phenoxy) is 1. The number of oxime groups is 1. The van der Waals surface area contributed by atoms with Crippen LogP contribution in [0.5, 0.6) is 0 Å². The van der Waals surface area contributed by atoms with Crippen molar-refractivity contribution in [1.82, 2.24) is 4.98 Å². The fourth-order valence-electron chi connectivity index (χ4n) is 2.04. The lowest BCUT2D eigenvalue weighted by Crippen LogP contribution is -2.23. The molecular weight excluding hydrogens is 314 g/mol. The second-order valence-corrected chi connectivity index (χ2v) is 6.22. The Balaban J connectivity index is 2.07. The highest BCUT2D eigenvalue weighted by molar-refractivity contribution is 7.13. The molecule has 1 fully saturated rings. The van der Waals surface area contributed by atoms with Crippen LogP contribution in [0.1, 0.15) is 38.3 Å². The van der Waals surface area contributed by atoms with E-state index in [9.17, 15) is 4.79 Å². The molecule has 0 amide bonds. The van der Waals surface area contributed by atoms with Crippen molar-refractivity contribution in [3.63, 3.8) is 0 Å². The number of anilines is 1. The molecular formula is C13H18ClN3O3S. The van der Waals surface area contributed by atoms with Gasteiger partial charge in [0.15, 0.2) is 5.13 Å². The van der Waals surface area contributed by atoms with Crippen molar-refractivity contribution < 1.29 is 14.4 Å². The maximum absolute atomic E-state index is 11.9. The first kappa shape index (κ1) is 16.0. The lowest BCUT2D eigenvalue weighted by atomic mass is 9.97. The lowest BCUT2D eigenvalue weighted by molar-refractivity contribution is -0.135. The van der Waals surface area contributed by atoms with Crippen LogP contribution in [0.2, 0.25) is 0 Å². The Morgan fingerprint density at radius 1 is 1.52 bits per heavy atom. The number of carbonyl (C=O) groups is 1. The summed E-state index contributed by atoms with van der Waals surface area (Å²) in [7, 11) is 0. The Bertz CT molecular complexity index is 513. The molecule has 0 unspecified atom stereocenters. The second kappa shape index (κ2) is 7.61. The highest BCUT2D eigenvalue weighted by atomic mass is 35.5. The molecule has 1 aliphatic carbocycles. The van der Waals surface area contributed by atoms with Crippen molar-refractivity contribution in [2.75, 3.05) is 12.3 Å². The highest BCUT2D eigenvalue weighted by Crippen LogP contribution is 2.25. The average molecular weight is 332 g/mol. The van der Waals surface area contributed by atoms with Gasteiger partial charge in [-0.05, 0) is 32.6 Å². The van der Waals surface area contributed by atoms with Gasteiger partial charge in [-0.25, -0.2) is 9.78 Å². The van der Waals surface area contributed by atoms with Crippen molar-refractivity contribution in [1.29, 1.82) is 0 Å². The summed E-state index contributed by atoms with van der Waals surface area (Å²) in [4.78, 5) is 21.5. The maximum atomic E-state index is 11.9. The van der Waals surface area contributed by atoms with Crippen LogP contribution >= 0.6 is 22.9 Å². The molecule has 21 heavy (non-hydrogen) atoms. The molecule has 0 atom stereocenters. The predicted octanol–water partition coefficient (Wildman–Crippen LogP) is 2.56. The van der Waals surface area contributed by atoms with E-state index in [0.29, 0.717) is 10.8 Å². The van der Waals surface area contributed by atoms with E-state index in [4.69, 9.17) is 26.9 Å². The standard InChI is InChI=1S/C13H18ClN3O3S/c1-2-19-12(18)11(10-7-21-13(15)16-10)17-20-9-5-3-8(14)4-6-9/h7-9H,2-6H2,1H3,(H2,15,16)/b17-11-. The number of hydrogen-bond acceptors (Lipinski definition) is 7. The first-order valence-electron chi connectivity index (χ1n) is 6.86. The smallest absolute Gasteiger partial charge is 0.362 e. The molecule has 0 saturated heterocycles. The summed E-state index contributed by atoms with van der Waals surface area (Å²) in [5, 5.41) is 6.19. The van der Waals surface area contributed by atoms with Crippen LogP contribution < -0.4 is 5.73 Å². The largest absolute Gasteiger partial charge is 0.461 e. The average Bonchev–Trinajstić information content (AvgIpc) is 2.88. The van der Waals surface area contributed by atoms with Crippen LogP contribution in [0, 0.1) is 0 Å². The zero-order valence-corrected chi connectivity index (χ0v) is 13.3. The minimum Gasteiger partial charge on any atom is -0.461 e. The van der Waals surface area contributed by atoms with Crippen molar-refractivity contribution in [2.24, 2.45) is 5.16 Å². The van der Waals surface area contributed by atoms with E-state index in [0.717, 1.165) is 25.7 Å². The van der Waals surface area contributed by atoms with Crippen molar-refractivity contribution >= 4 is 39.8 Å². The third-order valence-electron chi connectivity index (χ3n) is 3.13.